The van der Waals surface area contributed by atoms with Crippen molar-refractivity contribution >= 4 is 40.7 Å². The van der Waals surface area contributed by atoms with Crippen molar-refractivity contribution in [2.24, 2.45) is 5.92 Å². The zero-order chi connectivity index (χ0) is 44.9. The summed E-state index contributed by atoms with van der Waals surface area (Å²) in [5, 5.41) is 11.0. The van der Waals surface area contributed by atoms with Gasteiger partial charge in [0, 0.05) is 62.8 Å². The van der Waals surface area contributed by atoms with E-state index in [2.05, 4.69) is 105 Å². The molecule has 0 unspecified atom stereocenters. The summed E-state index contributed by atoms with van der Waals surface area (Å²) in [5.41, 5.74) is 3.73. The summed E-state index contributed by atoms with van der Waals surface area (Å²) in [6.07, 6.45) is 7.71. The van der Waals surface area contributed by atoms with Crippen molar-refractivity contribution in [1.82, 2.24) is 50.2 Å². The lowest BCUT2D eigenvalue weighted by atomic mass is 10.0. The molecule has 17 heteroatoms. The van der Waals surface area contributed by atoms with Crippen molar-refractivity contribution < 1.29 is 28.7 Å². The lowest BCUT2D eigenvalue weighted by molar-refractivity contribution is -0.135. The Morgan fingerprint density at radius 1 is 0.746 bits per heavy atom. The highest BCUT2D eigenvalue weighted by Gasteiger charge is 2.37. The van der Waals surface area contributed by atoms with Crippen LogP contribution < -0.4 is 16.0 Å². The van der Waals surface area contributed by atoms with Crippen molar-refractivity contribution in [3.05, 3.63) is 60.8 Å². The summed E-state index contributed by atoms with van der Waals surface area (Å²) in [6, 6.07) is 11.0. The Bertz CT molecular complexity index is 2140. The number of hydrogen-bond acceptors (Lipinski definition) is 12. The third-order valence-electron chi connectivity index (χ3n) is 12.5. The Labute approximate surface area is 370 Å². The molecule has 0 radical (unpaired) electrons. The number of nitrogens with one attached hydrogen (secondary N) is 4. The van der Waals surface area contributed by atoms with Gasteiger partial charge in [0.25, 0.3) is 0 Å². The fourth-order valence-electron chi connectivity index (χ4n) is 8.60. The van der Waals surface area contributed by atoms with Crippen LogP contribution in [0.3, 0.4) is 0 Å². The van der Waals surface area contributed by atoms with Gasteiger partial charge < -0.3 is 50.0 Å². The molecule has 17 nitrogen and oxygen atoms in total. The van der Waals surface area contributed by atoms with Crippen LogP contribution in [0.1, 0.15) is 71.7 Å². The summed E-state index contributed by atoms with van der Waals surface area (Å²) in [4.78, 5) is 77.2. The van der Waals surface area contributed by atoms with Crippen LogP contribution in [0.5, 0.6) is 0 Å². The first-order valence-electron chi connectivity index (χ1n) is 22.5. The molecule has 4 heterocycles. The lowest BCUT2D eigenvalue weighted by Crippen LogP contribution is -2.49. The molecule has 2 aliphatic heterocycles. The molecule has 0 spiro atoms. The number of carbonyl (C=O) groups is 4. The number of fused-ring (bicyclic) bond motifs is 1. The molecule has 4 atom stereocenters. The highest BCUT2D eigenvalue weighted by Crippen LogP contribution is 2.34. The number of aromatic amines is 1. The Kier molecular flexibility index (Phi) is 16.7. The standard InChI is InChI=1S/C46H65N11O6/c1-7-54(8-2)21-18-37(52-45(60)62-5)42(58)56-23-17-31(30-56)26-48-44-49-27-36(28-50-44)34-14-13-33-25-35(16-15-32(33)24-34)39-29-47-41(51-39)40-12-11-20-57(40)43(59)38(53-46(61)63-6)19-22-55(9-3)10-4/h13-16,24-25,27-29,31,37-38,40H,7-12,17-23,26,30H2,1-6H3,(H,47,51)(H,52,60)(H,53,61)(H,48,49,50)/t31-,37+,38-,40+/m1/s1. The number of H-pyrrole nitrogens is 1. The van der Waals surface area contributed by atoms with Gasteiger partial charge in [0.2, 0.25) is 17.8 Å². The zero-order valence-corrected chi connectivity index (χ0v) is 37.7. The molecule has 2 aliphatic rings. The fraction of sp³-hybridized carbons (Fsp3) is 0.543. The average Bonchev–Trinajstić information content (AvgIpc) is 4.12. The number of aromatic nitrogens is 4. The molecule has 4 amide bonds. The highest BCUT2D eigenvalue weighted by molar-refractivity contribution is 5.90. The summed E-state index contributed by atoms with van der Waals surface area (Å²) in [6.45, 7) is 15.6. The third kappa shape index (κ3) is 12.0. The maximum Gasteiger partial charge on any atom is 0.407 e. The lowest BCUT2D eigenvalue weighted by Gasteiger charge is -2.29. The molecule has 6 rings (SSSR count). The summed E-state index contributed by atoms with van der Waals surface area (Å²) in [7, 11) is 2.62. The maximum atomic E-state index is 13.9. The number of hydrogen-bond donors (Lipinski definition) is 4. The van der Waals surface area contributed by atoms with E-state index in [-0.39, 0.29) is 23.8 Å². The van der Waals surface area contributed by atoms with Crippen LogP contribution in [0.25, 0.3) is 33.2 Å². The average molecular weight is 868 g/mol. The van der Waals surface area contributed by atoms with E-state index in [1.165, 1.54) is 14.2 Å². The number of benzene rings is 2. The van der Waals surface area contributed by atoms with Crippen molar-refractivity contribution in [2.45, 2.75) is 77.9 Å². The molecule has 0 saturated carbocycles. The number of alkyl carbamates (subject to hydrolysis) is 2. The molecular formula is C46H65N11O6. The van der Waals surface area contributed by atoms with Crippen LogP contribution >= 0.6 is 0 Å². The molecule has 63 heavy (non-hydrogen) atoms. The smallest absolute Gasteiger partial charge is 0.407 e. The Balaban J connectivity index is 1.04. The van der Waals surface area contributed by atoms with Crippen molar-refractivity contribution in [2.75, 3.05) is 85.0 Å². The van der Waals surface area contributed by atoms with Gasteiger partial charge in [0.15, 0.2) is 0 Å². The number of imidazole rings is 1. The predicted molar refractivity (Wildman–Crippen MR) is 243 cm³/mol. The number of ether oxygens (including phenoxy) is 2. The largest absolute Gasteiger partial charge is 0.453 e. The molecule has 4 N–H and O–H groups in total. The molecule has 2 saturated heterocycles. The van der Waals surface area contributed by atoms with Gasteiger partial charge in [-0.25, -0.2) is 24.5 Å². The Morgan fingerprint density at radius 3 is 1.94 bits per heavy atom. The minimum absolute atomic E-state index is 0.0817. The third-order valence-corrected chi connectivity index (χ3v) is 12.5. The van der Waals surface area contributed by atoms with Crippen molar-refractivity contribution in [1.29, 1.82) is 0 Å². The molecular weight excluding hydrogens is 803 g/mol. The van der Waals surface area contributed by atoms with Crippen LogP contribution in [0.2, 0.25) is 0 Å². The first-order valence-corrected chi connectivity index (χ1v) is 22.5. The Morgan fingerprint density at radius 2 is 1.33 bits per heavy atom. The van der Waals surface area contributed by atoms with Gasteiger partial charge in [0.05, 0.1) is 32.2 Å². The quantitative estimate of drug-likeness (QED) is 0.0872. The number of carbonyl (C=O) groups excluding carboxylic acids is 4. The first-order chi connectivity index (χ1) is 30.6. The van der Waals surface area contributed by atoms with E-state index in [1.807, 2.05) is 28.4 Å². The Hall–Kier alpha value is -5.81. The molecule has 340 valence electrons. The normalized spacial score (nSPS) is 17.3. The van der Waals surface area contributed by atoms with Crippen LogP contribution in [-0.4, -0.2) is 155 Å². The number of anilines is 1. The summed E-state index contributed by atoms with van der Waals surface area (Å²) >= 11 is 0. The van der Waals surface area contributed by atoms with Gasteiger partial charge >= 0.3 is 12.2 Å². The molecule has 4 aromatic rings. The fourth-order valence-corrected chi connectivity index (χ4v) is 8.60. The second-order valence-corrected chi connectivity index (χ2v) is 16.3. The number of likely N-dealkylation sites (tertiary alicyclic amines) is 2. The van der Waals surface area contributed by atoms with E-state index >= 15 is 0 Å². The number of rotatable bonds is 20. The molecule has 2 aromatic heterocycles. The minimum atomic E-state index is -0.694. The second kappa shape index (κ2) is 22.5. The molecule has 0 bridgehead atoms. The van der Waals surface area contributed by atoms with Gasteiger partial charge in [-0.15, -0.1) is 0 Å². The maximum absolute atomic E-state index is 13.9. The van der Waals surface area contributed by atoms with Gasteiger partial charge in [0.1, 0.15) is 17.9 Å². The van der Waals surface area contributed by atoms with E-state index in [1.54, 1.807) is 0 Å². The van der Waals surface area contributed by atoms with Crippen LogP contribution in [-0.2, 0) is 19.1 Å². The van der Waals surface area contributed by atoms with Crippen molar-refractivity contribution in [3.8, 4) is 22.4 Å². The predicted octanol–water partition coefficient (Wildman–Crippen LogP) is 5.52. The summed E-state index contributed by atoms with van der Waals surface area (Å²) < 4.78 is 9.66. The first kappa shape index (κ1) is 46.7. The van der Waals surface area contributed by atoms with Gasteiger partial charge in [-0.3, -0.25) is 9.59 Å². The van der Waals surface area contributed by atoms with Crippen molar-refractivity contribution in [3.63, 3.8) is 0 Å². The summed E-state index contributed by atoms with van der Waals surface area (Å²) in [5.74, 6) is 1.27. The molecule has 0 aliphatic carbocycles. The van der Waals surface area contributed by atoms with Crippen LogP contribution in [0.15, 0.2) is 55.0 Å². The van der Waals surface area contributed by atoms with E-state index in [9.17, 15) is 19.2 Å². The van der Waals surface area contributed by atoms with Gasteiger partial charge in [-0.05, 0) is 92.7 Å². The molecule has 2 fully saturated rings. The van der Waals surface area contributed by atoms with E-state index in [0.29, 0.717) is 58.1 Å². The topological polar surface area (TPSA) is 190 Å². The van der Waals surface area contributed by atoms with Gasteiger partial charge in [-0.1, -0.05) is 52.0 Å². The number of nitrogens with zero attached hydrogens (tertiary/aromatic N) is 7. The second-order valence-electron chi connectivity index (χ2n) is 16.3. The monoisotopic (exact) mass is 868 g/mol. The van der Waals surface area contributed by atoms with Gasteiger partial charge in [-0.2, -0.15) is 0 Å². The highest BCUT2D eigenvalue weighted by atomic mass is 16.5. The van der Waals surface area contributed by atoms with E-state index in [4.69, 9.17) is 14.5 Å². The van der Waals surface area contributed by atoms with Crippen LogP contribution in [0, 0.1) is 5.92 Å². The number of amides is 4. The van der Waals surface area contributed by atoms with Crippen LogP contribution in [0.4, 0.5) is 15.5 Å². The minimum Gasteiger partial charge on any atom is -0.453 e. The van der Waals surface area contributed by atoms with E-state index in [0.717, 1.165) is 84.4 Å². The zero-order valence-electron chi connectivity index (χ0n) is 37.7. The number of methoxy groups -OCH3 is 2. The molecule has 2 aromatic carbocycles. The SMILES string of the molecule is CCN(CC)CC[C@H](NC(=O)OC)C(=O)N1CC[C@H](CNc2ncc(-c3ccc4cc(-c5cnc([C@@H]6CCCN6C(=O)[C@@H](CCN(CC)CC)NC(=O)OC)[nH]5)ccc4c3)cn2)C1. The van der Waals surface area contributed by atoms with E-state index < -0.39 is 24.3 Å².